The molecule has 6 atom stereocenters. The summed E-state index contributed by atoms with van der Waals surface area (Å²) in [4.78, 5) is 2.92. The second kappa shape index (κ2) is 5.95. The molecule has 1 saturated heterocycles. The van der Waals surface area contributed by atoms with E-state index >= 15 is 0 Å². The molecule has 0 aromatic carbocycles. The second-order valence-electron chi connectivity index (χ2n) is 10.8. The van der Waals surface area contributed by atoms with E-state index in [4.69, 9.17) is 0 Å². The normalized spacial score (nSPS) is 43.2. The van der Waals surface area contributed by atoms with Crippen molar-refractivity contribution in [2.45, 2.75) is 76.8 Å². The molecule has 0 bridgehead atoms. The van der Waals surface area contributed by atoms with Gasteiger partial charge in [0.25, 0.3) is 0 Å². The van der Waals surface area contributed by atoms with Crippen LogP contribution in [0.25, 0.3) is 0 Å². The molecule has 2 aliphatic heterocycles. The molecule has 25 heavy (non-hydrogen) atoms. The molecule has 4 aliphatic rings. The Bertz CT molecular complexity index is 622. The van der Waals surface area contributed by atoms with Crippen LogP contribution in [0.4, 0.5) is 0 Å². The Labute approximate surface area is 156 Å². The Balaban J connectivity index is 1.77. The van der Waals surface area contributed by atoms with E-state index in [0.29, 0.717) is 11.6 Å². The van der Waals surface area contributed by atoms with Gasteiger partial charge in [0.1, 0.15) is 0 Å². The number of fused-ring (bicyclic) bond motifs is 6. The van der Waals surface area contributed by atoms with Gasteiger partial charge in [0, 0.05) is 24.0 Å². The predicted molar refractivity (Wildman–Crippen MR) is 112 cm³/mol. The first-order valence-electron chi connectivity index (χ1n) is 10.5. The summed E-state index contributed by atoms with van der Waals surface area (Å²) in [5.41, 5.74) is 2.94. The van der Waals surface area contributed by atoms with Crippen molar-refractivity contribution in [3.63, 3.8) is 0 Å². The molecule has 6 unspecified atom stereocenters. The van der Waals surface area contributed by atoms with E-state index in [-0.39, 0.29) is 0 Å². The summed E-state index contributed by atoms with van der Waals surface area (Å²) in [6.07, 6.45) is 16.8. The first-order chi connectivity index (χ1) is 11.7. The molecule has 4 rings (SSSR count). The molecule has 0 aromatic heterocycles. The first kappa shape index (κ1) is 17.8. The van der Waals surface area contributed by atoms with Crippen molar-refractivity contribution in [2.75, 3.05) is 6.54 Å². The van der Waals surface area contributed by atoms with Crippen molar-refractivity contribution in [3.05, 3.63) is 36.0 Å². The van der Waals surface area contributed by atoms with Crippen LogP contribution in [0.5, 0.6) is 0 Å². The second-order valence-corrected chi connectivity index (χ2v) is 16.2. The Morgan fingerprint density at radius 2 is 2.00 bits per heavy atom. The van der Waals surface area contributed by atoms with E-state index in [1.807, 2.05) is 0 Å². The third-order valence-electron chi connectivity index (χ3n) is 7.57. The lowest BCUT2D eigenvalue weighted by Crippen LogP contribution is -2.69. The molecule has 1 nitrogen and oxygen atoms in total. The van der Waals surface area contributed by atoms with Gasteiger partial charge in [0.15, 0.2) is 0 Å². The highest BCUT2D eigenvalue weighted by molar-refractivity contribution is 6.78. The van der Waals surface area contributed by atoms with Crippen LogP contribution >= 0.6 is 0 Å². The fourth-order valence-corrected chi connectivity index (χ4v) is 8.29. The van der Waals surface area contributed by atoms with Crippen molar-refractivity contribution in [3.8, 4) is 0 Å². The van der Waals surface area contributed by atoms with Crippen LogP contribution < -0.4 is 0 Å². The van der Waals surface area contributed by atoms with Crippen LogP contribution in [0.2, 0.25) is 25.2 Å². The minimum atomic E-state index is -1.22. The number of allylic oxidation sites excluding steroid dienone is 1. The van der Waals surface area contributed by atoms with Crippen molar-refractivity contribution >= 4 is 8.07 Å². The molecule has 2 aliphatic carbocycles. The third-order valence-corrected chi connectivity index (χ3v) is 10.2. The van der Waals surface area contributed by atoms with Gasteiger partial charge in [-0.3, -0.25) is 4.90 Å². The van der Waals surface area contributed by atoms with Crippen LogP contribution in [0.3, 0.4) is 0 Å². The van der Waals surface area contributed by atoms with Gasteiger partial charge in [-0.1, -0.05) is 69.4 Å². The quantitative estimate of drug-likeness (QED) is 0.450. The maximum atomic E-state index is 2.92. The molecule has 0 amide bonds. The average molecular weight is 356 g/mol. The zero-order chi connectivity index (χ0) is 18.0. The summed E-state index contributed by atoms with van der Waals surface area (Å²) in [7, 11) is -1.22. The summed E-state index contributed by atoms with van der Waals surface area (Å²) in [6, 6.07) is 0.633. The fraction of sp³-hybridized carbons (Fsp3) is 0.739. The monoisotopic (exact) mass is 355 g/mol. The van der Waals surface area contributed by atoms with Gasteiger partial charge in [0.05, 0.1) is 8.07 Å². The molecule has 1 fully saturated rings. The zero-order valence-electron chi connectivity index (χ0n) is 17.1. The van der Waals surface area contributed by atoms with Crippen LogP contribution in [0.1, 0.15) is 40.0 Å². The van der Waals surface area contributed by atoms with Crippen LogP contribution in [0.15, 0.2) is 36.0 Å². The minimum absolute atomic E-state index is 0.314. The van der Waals surface area contributed by atoms with Gasteiger partial charge in [-0.25, -0.2) is 0 Å². The average Bonchev–Trinajstić information content (AvgIpc) is 2.51. The highest BCUT2D eigenvalue weighted by Gasteiger charge is 2.57. The molecular formula is C23H37NSi. The van der Waals surface area contributed by atoms with Gasteiger partial charge in [-0.15, -0.1) is 0 Å². The molecule has 2 heteroatoms. The van der Waals surface area contributed by atoms with E-state index in [2.05, 4.69) is 75.7 Å². The predicted octanol–water partition coefficient (Wildman–Crippen LogP) is 5.89. The largest absolute Gasteiger partial charge is 0.287 e. The van der Waals surface area contributed by atoms with E-state index in [9.17, 15) is 0 Å². The van der Waals surface area contributed by atoms with E-state index in [1.165, 1.54) is 25.8 Å². The third kappa shape index (κ3) is 2.75. The van der Waals surface area contributed by atoms with E-state index in [1.54, 1.807) is 5.57 Å². The number of hydrogen-bond acceptors (Lipinski definition) is 1. The molecule has 2 heterocycles. The van der Waals surface area contributed by atoms with Gasteiger partial charge in [0.2, 0.25) is 0 Å². The summed E-state index contributed by atoms with van der Waals surface area (Å²) in [6.45, 7) is 16.4. The maximum absolute atomic E-state index is 2.92. The zero-order valence-corrected chi connectivity index (χ0v) is 18.1. The topological polar surface area (TPSA) is 3.24 Å². The summed E-state index contributed by atoms with van der Waals surface area (Å²) >= 11 is 0. The Hall–Kier alpha value is -0.603. The van der Waals surface area contributed by atoms with Crippen LogP contribution in [-0.2, 0) is 0 Å². The highest BCUT2D eigenvalue weighted by atomic mass is 28.3. The smallest absolute Gasteiger partial charge is 0.0533 e. The molecular weight excluding hydrogens is 318 g/mol. The van der Waals surface area contributed by atoms with Crippen molar-refractivity contribution < 1.29 is 0 Å². The molecule has 0 N–H and O–H groups in total. The van der Waals surface area contributed by atoms with Gasteiger partial charge in [-0.05, 0) is 49.5 Å². The fourth-order valence-electron chi connectivity index (χ4n) is 6.22. The number of nitrogens with zero attached hydrogens (tertiary/aromatic N) is 1. The van der Waals surface area contributed by atoms with Gasteiger partial charge in [-0.2, -0.15) is 0 Å². The van der Waals surface area contributed by atoms with Crippen LogP contribution in [-0.4, -0.2) is 31.1 Å². The highest BCUT2D eigenvalue weighted by Crippen LogP contribution is 2.56. The lowest BCUT2D eigenvalue weighted by molar-refractivity contribution is -0.0531. The molecule has 0 aromatic rings. The lowest BCUT2D eigenvalue weighted by atomic mass is 9.56. The Morgan fingerprint density at radius 1 is 1.24 bits per heavy atom. The SMILES string of the molecule is CC(C)CC1=CC2C3C=CCCC3C3C=CC3(C)N2CC1[Si](C)(C)C. The minimum Gasteiger partial charge on any atom is -0.287 e. The van der Waals surface area contributed by atoms with Gasteiger partial charge >= 0.3 is 0 Å². The van der Waals surface area contributed by atoms with E-state index < -0.39 is 8.07 Å². The first-order valence-corrected chi connectivity index (χ1v) is 14.1. The summed E-state index contributed by atoms with van der Waals surface area (Å²) in [5.74, 6) is 3.15. The molecule has 0 spiro atoms. The summed E-state index contributed by atoms with van der Waals surface area (Å²) < 4.78 is 0. The lowest BCUT2D eigenvalue weighted by Gasteiger charge is -2.64. The van der Waals surface area contributed by atoms with Crippen molar-refractivity contribution in [1.29, 1.82) is 0 Å². The van der Waals surface area contributed by atoms with Crippen molar-refractivity contribution in [1.82, 2.24) is 4.90 Å². The number of rotatable bonds is 3. The number of piperidine rings is 1. The Morgan fingerprint density at radius 3 is 2.60 bits per heavy atom. The summed E-state index contributed by atoms with van der Waals surface area (Å²) in [5, 5.41) is 0. The Kier molecular flexibility index (Phi) is 4.24. The van der Waals surface area contributed by atoms with Crippen LogP contribution in [0, 0.1) is 23.7 Å². The maximum Gasteiger partial charge on any atom is 0.0533 e. The van der Waals surface area contributed by atoms with Gasteiger partial charge < -0.3 is 0 Å². The molecule has 0 saturated carbocycles. The van der Waals surface area contributed by atoms with Crippen molar-refractivity contribution in [2.24, 2.45) is 23.7 Å². The standard InChI is InChI=1S/C23H37NSi/c1-16(2)13-17-14-21-19-10-8-7-9-18(19)20-11-12-23(20,3)24(21)15-22(17)25(4,5)6/h8,10-12,14,16,18-22H,7,9,13,15H2,1-6H3. The molecule has 0 radical (unpaired) electrons. The number of hydrogen-bond donors (Lipinski definition) is 0. The molecule has 138 valence electrons. The van der Waals surface area contributed by atoms with E-state index in [0.717, 1.165) is 29.2 Å².